The molecule has 0 radical (unpaired) electrons. The van der Waals surface area contributed by atoms with Crippen molar-refractivity contribution in [1.29, 1.82) is 0 Å². The van der Waals surface area contributed by atoms with Crippen molar-refractivity contribution in [3.8, 4) is 16.9 Å². The lowest BCUT2D eigenvalue weighted by Crippen LogP contribution is -2.02. The smallest absolute Gasteiger partial charge is 0.337 e. The van der Waals surface area contributed by atoms with E-state index in [1.165, 1.54) is 11.9 Å². The molecule has 132 valence electrons. The Labute approximate surface area is 157 Å². The number of rotatable bonds is 6. The van der Waals surface area contributed by atoms with E-state index < -0.39 is 5.97 Å². The zero-order valence-corrected chi connectivity index (χ0v) is 15.3. The maximum Gasteiger partial charge on any atom is 0.337 e. The van der Waals surface area contributed by atoms with Crippen LogP contribution >= 0.6 is 11.9 Å². The zero-order chi connectivity index (χ0) is 18.5. The molecule has 3 aromatic carbocycles. The van der Waals surface area contributed by atoms with E-state index in [-0.39, 0.29) is 5.56 Å². The number of carbonyl (C=O) groups is 1. The number of benzene rings is 3. The highest BCUT2D eigenvalue weighted by atomic mass is 32.2. The Kier molecular flexibility index (Phi) is 5.49. The molecule has 0 atom stereocenters. The fourth-order valence-corrected chi connectivity index (χ4v) is 3.48. The molecule has 26 heavy (non-hydrogen) atoms. The van der Waals surface area contributed by atoms with Crippen LogP contribution in [0.4, 0.5) is 5.69 Å². The molecule has 4 nitrogen and oxygen atoms in total. The molecule has 0 saturated heterocycles. The molecule has 0 aliphatic carbocycles. The summed E-state index contributed by atoms with van der Waals surface area (Å²) >= 11 is 1.34. The first-order chi connectivity index (χ1) is 12.6. The Morgan fingerprint density at radius 3 is 2.46 bits per heavy atom. The fourth-order valence-electron chi connectivity index (χ4n) is 2.60. The van der Waals surface area contributed by atoms with Gasteiger partial charge in [0.2, 0.25) is 0 Å². The SMILES string of the molecule is COc1ccc(C)cc1SNc1cc(-c2ccccc2)ccc1C(=O)O. The van der Waals surface area contributed by atoms with E-state index >= 15 is 0 Å². The Hall–Kier alpha value is -2.92. The highest BCUT2D eigenvalue weighted by molar-refractivity contribution is 8.00. The van der Waals surface area contributed by atoms with Gasteiger partial charge in [0.1, 0.15) is 5.75 Å². The maximum absolute atomic E-state index is 11.6. The number of carboxylic acids is 1. The number of anilines is 1. The van der Waals surface area contributed by atoms with Crippen LogP contribution in [0.15, 0.2) is 71.6 Å². The molecule has 0 aromatic heterocycles. The molecular weight excluding hydrogens is 346 g/mol. The number of methoxy groups -OCH3 is 1. The van der Waals surface area contributed by atoms with Crippen molar-refractivity contribution in [3.63, 3.8) is 0 Å². The van der Waals surface area contributed by atoms with E-state index in [1.807, 2.05) is 67.6 Å². The normalized spacial score (nSPS) is 10.4. The summed E-state index contributed by atoms with van der Waals surface area (Å²) in [5.74, 6) is -0.229. The van der Waals surface area contributed by atoms with E-state index in [4.69, 9.17) is 4.74 Å². The van der Waals surface area contributed by atoms with Crippen molar-refractivity contribution in [2.24, 2.45) is 0 Å². The maximum atomic E-state index is 11.6. The van der Waals surface area contributed by atoms with E-state index in [0.29, 0.717) is 5.69 Å². The quantitative estimate of drug-likeness (QED) is 0.566. The lowest BCUT2D eigenvalue weighted by atomic mass is 10.0. The summed E-state index contributed by atoms with van der Waals surface area (Å²) in [6.07, 6.45) is 0. The first kappa shape index (κ1) is 17.9. The van der Waals surface area contributed by atoms with Crippen LogP contribution < -0.4 is 9.46 Å². The van der Waals surface area contributed by atoms with Crippen molar-refractivity contribution in [3.05, 3.63) is 77.9 Å². The van der Waals surface area contributed by atoms with Crippen LogP contribution in [0.3, 0.4) is 0 Å². The molecule has 0 amide bonds. The van der Waals surface area contributed by atoms with Gasteiger partial charge in [-0.3, -0.25) is 0 Å². The largest absolute Gasteiger partial charge is 0.496 e. The summed E-state index contributed by atoms with van der Waals surface area (Å²) in [5, 5.41) is 9.50. The predicted molar refractivity (Wildman–Crippen MR) is 106 cm³/mol. The lowest BCUT2D eigenvalue weighted by Gasteiger charge is -2.13. The van der Waals surface area contributed by atoms with Crippen LogP contribution in [-0.2, 0) is 0 Å². The Morgan fingerprint density at radius 1 is 1.00 bits per heavy atom. The van der Waals surface area contributed by atoms with Gasteiger partial charge in [-0.25, -0.2) is 4.79 Å². The van der Waals surface area contributed by atoms with Gasteiger partial charge in [-0.1, -0.05) is 42.5 Å². The number of hydrogen-bond donors (Lipinski definition) is 2. The summed E-state index contributed by atoms with van der Waals surface area (Å²) < 4.78 is 8.56. The van der Waals surface area contributed by atoms with Crippen LogP contribution in [0, 0.1) is 6.92 Å². The van der Waals surface area contributed by atoms with Crippen LogP contribution in [0.25, 0.3) is 11.1 Å². The molecule has 3 rings (SSSR count). The monoisotopic (exact) mass is 365 g/mol. The van der Waals surface area contributed by atoms with E-state index in [2.05, 4.69) is 4.72 Å². The van der Waals surface area contributed by atoms with Gasteiger partial charge in [0.05, 0.1) is 23.3 Å². The van der Waals surface area contributed by atoms with Crippen LogP contribution in [0.2, 0.25) is 0 Å². The zero-order valence-electron chi connectivity index (χ0n) is 14.5. The highest BCUT2D eigenvalue weighted by Gasteiger charge is 2.13. The number of ether oxygens (including phenoxy) is 1. The predicted octanol–water partition coefficient (Wildman–Crippen LogP) is 5.49. The van der Waals surface area contributed by atoms with E-state index in [1.54, 1.807) is 13.2 Å². The average molecular weight is 365 g/mol. The van der Waals surface area contributed by atoms with Gasteiger partial charge in [-0.05, 0) is 59.8 Å². The second-order valence-corrected chi connectivity index (χ2v) is 6.64. The Bertz CT molecular complexity index is 926. The number of hydrogen-bond acceptors (Lipinski definition) is 4. The van der Waals surface area contributed by atoms with Gasteiger partial charge >= 0.3 is 5.97 Å². The topological polar surface area (TPSA) is 58.6 Å². The molecule has 0 spiro atoms. The number of carboxylic acid groups (broad SMARTS) is 1. The van der Waals surface area contributed by atoms with Crippen LogP contribution in [0.5, 0.6) is 5.75 Å². The molecular formula is C21H19NO3S. The van der Waals surface area contributed by atoms with Crippen LogP contribution in [-0.4, -0.2) is 18.2 Å². The summed E-state index contributed by atoms with van der Waals surface area (Å²) in [7, 11) is 1.62. The number of aryl methyl sites for hydroxylation is 1. The molecule has 0 bridgehead atoms. The van der Waals surface area contributed by atoms with E-state index in [0.717, 1.165) is 27.3 Å². The van der Waals surface area contributed by atoms with E-state index in [9.17, 15) is 9.90 Å². The van der Waals surface area contributed by atoms with Crippen LogP contribution in [0.1, 0.15) is 15.9 Å². The second kappa shape index (κ2) is 7.97. The van der Waals surface area contributed by atoms with Gasteiger partial charge in [0.25, 0.3) is 0 Å². The molecule has 0 heterocycles. The summed E-state index contributed by atoms with van der Waals surface area (Å²) in [4.78, 5) is 12.5. The Balaban J connectivity index is 1.93. The Morgan fingerprint density at radius 2 is 1.77 bits per heavy atom. The van der Waals surface area contributed by atoms with Gasteiger partial charge in [0, 0.05) is 0 Å². The molecule has 0 aliphatic rings. The van der Waals surface area contributed by atoms with Crippen molar-refractivity contribution in [1.82, 2.24) is 0 Å². The first-order valence-electron chi connectivity index (χ1n) is 8.09. The minimum Gasteiger partial charge on any atom is -0.496 e. The van der Waals surface area contributed by atoms with Gasteiger partial charge in [-0.2, -0.15) is 0 Å². The highest BCUT2D eigenvalue weighted by Crippen LogP contribution is 2.33. The standard InChI is InChI=1S/C21H19NO3S/c1-14-8-11-19(25-2)20(12-14)26-22-18-13-16(9-10-17(18)21(23)24)15-6-4-3-5-7-15/h3-13,22H,1-2H3,(H,23,24). The third-order valence-electron chi connectivity index (χ3n) is 3.95. The molecule has 3 aromatic rings. The molecule has 5 heteroatoms. The van der Waals surface area contributed by atoms with Gasteiger partial charge in [-0.15, -0.1) is 0 Å². The third-order valence-corrected chi connectivity index (χ3v) is 4.81. The van der Waals surface area contributed by atoms with Crippen molar-refractivity contribution >= 4 is 23.6 Å². The van der Waals surface area contributed by atoms with Crippen molar-refractivity contribution in [2.45, 2.75) is 11.8 Å². The summed E-state index contributed by atoms with van der Waals surface area (Å²) in [6.45, 7) is 2.00. The minimum absolute atomic E-state index is 0.226. The summed E-state index contributed by atoms with van der Waals surface area (Å²) in [6, 6.07) is 21.0. The first-order valence-corrected chi connectivity index (χ1v) is 8.90. The molecule has 0 fully saturated rings. The molecule has 0 saturated carbocycles. The van der Waals surface area contributed by atoms with Crippen molar-refractivity contribution in [2.75, 3.05) is 11.8 Å². The van der Waals surface area contributed by atoms with Gasteiger partial charge in [0.15, 0.2) is 0 Å². The lowest BCUT2D eigenvalue weighted by molar-refractivity contribution is 0.0698. The second-order valence-electron chi connectivity index (χ2n) is 5.79. The average Bonchev–Trinajstić information content (AvgIpc) is 2.67. The fraction of sp³-hybridized carbons (Fsp3) is 0.0952. The number of nitrogens with one attached hydrogen (secondary N) is 1. The number of aromatic carboxylic acids is 1. The summed E-state index contributed by atoms with van der Waals surface area (Å²) in [5.41, 5.74) is 3.86. The molecule has 0 aliphatic heterocycles. The van der Waals surface area contributed by atoms with Crippen molar-refractivity contribution < 1.29 is 14.6 Å². The molecule has 2 N–H and O–H groups in total. The minimum atomic E-state index is -0.969. The third kappa shape index (κ3) is 4.00. The molecule has 0 unspecified atom stereocenters. The van der Waals surface area contributed by atoms with Gasteiger partial charge < -0.3 is 14.6 Å².